The summed E-state index contributed by atoms with van der Waals surface area (Å²) in [6, 6.07) is 15.0. The highest BCUT2D eigenvalue weighted by atomic mass is 16.5. The third kappa shape index (κ3) is 1.30. The Balaban J connectivity index is 1.87. The molecule has 2 aliphatic rings. The first kappa shape index (κ1) is 10.4. The highest BCUT2D eigenvalue weighted by Crippen LogP contribution is 2.41. The molecule has 0 unspecified atom stereocenters. The second-order valence-corrected chi connectivity index (χ2v) is 4.53. The summed E-state index contributed by atoms with van der Waals surface area (Å²) in [7, 11) is 0. The minimum atomic E-state index is -1.20. The van der Waals surface area contributed by atoms with Gasteiger partial charge in [0, 0.05) is 5.56 Å². The Morgan fingerprint density at radius 2 is 1.68 bits per heavy atom. The first-order chi connectivity index (χ1) is 9.29. The van der Waals surface area contributed by atoms with Gasteiger partial charge in [-0.25, -0.2) is 0 Å². The largest absolute Gasteiger partial charge is 0.455 e. The number of carbonyl (C=O) groups is 1. The summed E-state index contributed by atoms with van der Waals surface area (Å²) in [6.07, 6.45) is 0. The molecule has 0 saturated heterocycles. The molecule has 0 aliphatic carbocycles. The predicted octanol–water partition coefficient (Wildman–Crippen LogP) is 1.80. The lowest BCUT2D eigenvalue weighted by atomic mass is 10.0. The topological polar surface area (TPSA) is 62.4 Å². The van der Waals surface area contributed by atoms with Crippen LogP contribution in [0.25, 0.3) is 0 Å². The summed E-state index contributed by atoms with van der Waals surface area (Å²) >= 11 is 0. The molecule has 1 amide bonds. The van der Waals surface area contributed by atoms with Gasteiger partial charge < -0.3 is 15.5 Å². The number of amides is 1. The maximum Gasteiger partial charge on any atom is 0.291 e. The zero-order valence-electron chi connectivity index (χ0n) is 9.94. The molecule has 1 spiro atoms. The van der Waals surface area contributed by atoms with Crippen molar-refractivity contribution in [2.45, 2.75) is 5.72 Å². The van der Waals surface area contributed by atoms with Gasteiger partial charge in [0.15, 0.2) is 0 Å². The van der Waals surface area contributed by atoms with Crippen LogP contribution in [0.4, 0.5) is 11.4 Å². The second kappa shape index (κ2) is 3.49. The van der Waals surface area contributed by atoms with E-state index in [-0.39, 0.29) is 5.91 Å². The van der Waals surface area contributed by atoms with Crippen LogP contribution < -0.4 is 20.9 Å². The van der Waals surface area contributed by atoms with Gasteiger partial charge in [0.1, 0.15) is 5.75 Å². The lowest BCUT2D eigenvalue weighted by Gasteiger charge is -2.35. The molecule has 19 heavy (non-hydrogen) atoms. The van der Waals surface area contributed by atoms with E-state index in [4.69, 9.17) is 4.74 Å². The van der Waals surface area contributed by atoms with Gasteiger partial charge in [0.25, 0.3) is 11.6 Å². The van der Waals surface area contributed by atoms with Gasteiger partial charge in [0.05, 0.1) is 11.4 Å². The molecule has 94 valence electrons. The van der Waals surface area contributed by atoms with Crippen molar-refractivity contribution in [2.24, 2.45) is 0 Å². The minimum Gasteiger partial charge on any atom is -0.455 e. The number of nitrogens with one attached hydrogen (secondary N) is 3. The zero-order chi connectivity index (χ0) is 12.9. The molecule has 4 rings (SSSR count). The Morgan fingerprint density at radius 3 is 2.58 bits per heavy atom. The minimum absolute atomic E-state index is 0.226. The van der Waals surface area contributed by atoms with E-state index in [1.165, 1.54) is 0 Å². The SMILES string of the molecule is O=C1Nc2ccccc2[C@]12NNc1ccccc1O2. The molecule has 2 aromatic carbocycles. The number of carbonyl (C=O) groups excluding carboxylic acids is 1. The van der Waals surface area contributed by atoms with Gasteiger partial charge in [-0.1, -0.05) is 30.3 Å². The number of ether oxygens (including phenoxy) is 1. The molecule has 1 atom stereocenters. The first-order valence-electron chi connectivity index (χ1n) is 6.02. The number of fused-ring (bicyclic) bond motifs is 3. The van der Waals surface area contributed by atoms with Crippen molar-refractivity contribution in [1.29, 1.82) is 0 Å². The van der Waals surface area contributed by atoms with E-state index < -0.39 is 5.72 Å². The lowest BCUT2D eigenvalue weighted by molar-refractivity contribution is -0.134. The zero-order valence-corrected chi connectivity index (χ0v) is 9.94. The van der Waals surface area contributed by atoms with E-state index in [0.717, 1.165) is 16.9 Å². The molecule has 0 aromatic heterocycles. The number of rotatable bonds is 0. The summed E-state index contributed by atoms with van der Waals surface area (Å²) in [4.78, 5) is 12.3. The van der Waals surface area contributed by atoms with Crippen LogP contribution in [0.5, 0.6) is 5.75 Å². The highest BCUT2D eigenvalue weighted by molar-refractivity contribution is 6.05. The Kier molecular flexibility index (Phi) is 1.91. The van der Waals surface area contributed by atoms with Crippen LogP contribution in [0.3, 0.4) is 0 Å². The number of hydrogen-bond donors (Lipinski definition) is 3. The number of hydrogen-bond acceptors (Lipinski definition) is 4. The average molecular weight is 253 g/mol. The molecular weight excluding hydrogens is 242 g/mol. The van der Waals surface area contributed by atoms with Crippen molar-refractivity contribution in [3.8, 4) is 5.75 Å². The molecule has 0 bridgehead atoms. The number of para-hydroxylation sites is 3. The van der Waals surface area contributed by atoms with Crippen molar-refractivity contribution < 1.29 is 9.53 Å². The van der Waals surface area contributed by atoms with Crippen LogP contribution in [0.1, 0.15) is 5.56 Å². The van der Waals surface area contributed by atoms with Gasteiger partial charge in [-0.15, -0.1) is 0 Å². The van der Waals surface area contributed by atoms with Crippen LogP contribution >= 0.6 is 0 Å². The molecule has 2 aliphatic heterocycles. The lowest BCUT2D eigenvalue weighted by Crippen LogP contribution is -2.57. The Hall–Kier alpha value is -2.53. The molecule has 2 aromatic rings. The fraction of sp³-hybridized carbons (Fsp3) is 0.0714. The molecular formula is C14H11N3O2. The van der Waals surface area contributed by atoms with Crippen LogP contribution in [0.2, 0.25) is 0 Å². The molecule has 0 radical (unpaired) electrons. The van der Waals surface area contributed by atoms with Gasteiger partial charge in [0.2, 0.25) is 0 Å². The van der Waals surface area contributed by atoms with E-state index in [2.05, 4.69) is 16.2 Å². The fourth-order valence-corrected chi connectivity index (χ4v) is 2.46. The van der Waals surface area contributed by atoms with E-state index in [1.807, 2.05) is 48.5 Å². The summed E-state index contributed by atoms with van der Waals surface area (Å²) in [5.74, 6) is 0.420. The summed E-state index contributed by atoms with van der Waals surface area (Å²) in [5, 5.41) is 2.82. The maximum absolute atomic E-state index is 12.3. The van der Waals surface area contributed by atoms with Crippen LogP contribution in [-0.2, 0) is 10.5 Å². The molecule has 0 saturated carbocycles. The van der Waals surface area contributed by atoms with Crippen molar-refractivity contribution in [1.82, 2.24) is 5.43 Å². The van der Waals surface area contributed by atoms with Gasteiger partial charge in [-0.3, -0.25) is 4.79 Å². The van der Waals surface area contributed by atoms with Crippen LogP contribution in [0.15, 0.2) is 48.5 Å². The van der Waals surface area contributed by atoms with Crippen LogP contribution in [-0.4, -0.2) is 5.91 Å². The standard InChI is InChI=1S/C14H11N3O2/c18-13-14(9-5-1-2-6-10(9)15-13)17-16-11-7-3-4-8-12(11)19-14/h1-8,16-17H,(H,15,18)/t14-/m1/s1. The van der Waals surface area contributed by atoms with E-state index in [0.29, 0.717) is 5.75 Å². The van der Waals surface area contributed by atoms with Gasteiger partial charge >= 0.3 is 0 Å². The third-order valence-corrected chi connectivity index (χ3v) is 3.40. The number of anilines is 2. The average Bonchev–Trinajstić information content (AvgIpc) is 2.72. The third-order valence-electron chi connectivity index (χ3n) is 3.40. The molecule has 5 nitrogen and oxygen atoms in total. The molecule has 0 fully saturated rings. The summed E-state index contributed by atoms with van der Waals surface area (Å²) in [5.41, 5.74) is 7.15. The Bertz CT molecular complexity index is 686. The second-order valence-electron chi connectivity index (χ2n) is 4.53. The summed E-state index contributed by atoms with van der Waals surface area (Å²) < 4.78 is 5.93. The van der Waals surface area contributed by atoms with Crippen molar-refractivity contribution >= 4 is 17.3 Å². The fourth-order valence-electron chi connectivity index (χ4n) is 2.46. The maximum atomic E-state index is 12.3. The van der Waals surface area contributed by atoms with E-state index in [1.54, 1.807) is 0 Å². The van der Waals surface area contributed by atoms with Crippen molar-refractivity contribution in [3.05, 3.63) is 54.1 Å². The van der Waals surface area contributed by atoms with Crippen molar-refractivity contribution in [3.63, 3.8) is 0 Å². The van der Waals surface area contributed by atoms with E-state index >= 15 is 0 Å². The highest BCUT2D eigenvalue weighted by Gasteiger charge is 2.51. The number of hydrazine groups is 1. The van der Waals surface area contributed by atoms with Gasteiger partial charge in [-0.05, 0) is 18.2 Å². The van der Waals surface area contributed by atoms with Crippen molar-refractivity contribution in [2.75, 3.05) is 10.7 Å². The Morgan fingerprint density at radius 1 is 0.947 bits per heavy atom. The smallest absolute Gasteiger partial charge is 0.291 e. The van der Waals surface area contributed by atoms with E-state index in [9.17, 15) is 4.79 Å². The summed E-state index contributed by atoms with van der Waals surface area (Å²) in [6.45, 7) is 0. The molecule has 3 N–H and O–H groups in total. The predicted molar refractivity (Wildman–Crippen MR) is 70.6 cm³/mol. The Labute approximate surface area is 109 Å². The van der Waals surface area contributed by atoms with Crippen LogP contribution in [0, 0.1) is 0 Å². The normalized spacial score (nSPS) is 23.1. The monoisotopic (exact) mass is 253 g/mol. The van der Waals surface area contributed by atoms with Gasteiger partial charge in [-0.2, -0.15) is 5.43 Å². The first-order valence-corrected chi connectivity index (χ1v) is 6.02. The molecule has 5 heteroatoms. The quantitative estimate of drug-likeness (QED) is 0.670. The molecule has 2 heterocycles. The number of benzene rings is 2.